The van der Waals surface area contributed by atoms with E-state index in [2.05, 4.69) is 586 Å². The predicted molar refractivity (Wildman–Crippen MR) is 609 cm³/mol. The summed E-state index contributed by atoms with van der Waals surface area (Å²) in [7, 11) is 0. The van der Waals surface area contributed by atoms with Gasteiger partial charge in [-0.15, -0.1) is 0 Å². The molecular formula is C138H92N6. The first kappa shape index (κ1) is 84.2. The van der Waals surface area contributed by atoms with E-state index in [9.17, 15) is 0 Å². The molecule has 0 aliphatic carbocycles. The molecule has 6 heteroatoms. The van der Waals surface area contributed by atoms with E-state index in [-0.39, 0.29) is 0 Å². The highest BCUT2D eigenvalue weighted by Gasteiger charge is 2.26. The Hall–Kier alpha value is -19.1. The van der Waals surface area contributed by atoms with E-state index < -0.39 is 0 Å². The number of rotatable bonds is 14. The molecule has 0 atom stereocenters. The fourth-order valence-corrected chi connectivity index (χ4v) is 22.6. The van der Waals surface area contributed by atoms with E-state index in [0.29, 0.717) is 0 Å². The smallest absolute Gasteiger partial charge is 0.0548 e. The SMILES string of the molecule is c1ccc(-c2cc(-c3ccccc3)cc(-c3ccc(-n4c5ccccc5c5c6c7ccccc7n(-c7ccccc7)c6ccc54)cc3)c2)cc1.c1ccc(-c2ccc(-c3ccc(-n4c5ccccc5c5c6c7ccccc7n(-c7ccccc7)c6ccc54)cc3)cc2)cc1.c1ccc(-c2ccc(-c3cccc(-n4c5ccccc5c5c6c7ccccc7n(-c7ccc(-c8ccccc8)cc7)c6ccc54)c3)cc2)cc1. The molecule has 144 heavy (non-hydrogen) atoms. The third kappa shape index (κ3) is 14.6. The van der Waals surface area contributed by atoms with Crippen molar-refractivity contribution in [3.63, 3.8) is 0 Å². The molecule has 6 aromatic heterocycles. The Morgan fingerprint density at radius 1 is 0.0833 bits per heavy atom. The first-order valence-electron chi connectivity index (χ1n) is 49.5. The highest BCUT2D eigenvalue weighted by molar-refractivity contribution is 6.32. The number of aromatic nitrogens is 6. The van der Waals surface area contributed by atoms with Gasteiger partial charge in [0.25, 0.3) is 0 Å². The van der Waals surface area contributed by atoms with Crippen LogP contribution in [0.5, 0.6) is 0 Å². The average Bonchev–Trinajstić information content (AvgIpc) is 1.55. The fraction of sp³-hybridized carbons (Fsp3) is 0. The van der Waals surface area contributed by atoms with Crippen LogP contribution in [0.4, 0.5) is 0 Å². The standard InChI is InChI=1S/2C48H32N2.C42H28N2/c1-4-14-33(15-5-1)36-30-37(34-16-6-2-7-17-34)32-38(31-36)35-24-26-40(27-25-35)50-44-23-13-11-21-42(44)48-46(50)29-28-45-47(48)41-20-10-12-22-43(41)49(45)39-18-8-3-9-19-39;1-3-12-33(13-4-1)35-22-24-37(25-23-35)38-16-11-17-40(32-38)50-44-21-10-8-19-42(44)48-46(50)31-30-45-47(48)41-18-7-9-20-43(41)49(45)39-28-26-36(27-29-39)34-14-5-2-6-15-34;1-3-11-29(12-4-1)30-19-21-31(22-20-30)32-23-25-34(26-24-32)44-38-18-10-8-16-36(38)42-40(44)28-27-39-41(42)35-15-7-9-17-37(35)43(39)33-13-5-2-6-14-33/h2*1-32H;1-28H. The zero-order valence-electron chi connectivity index (χ0n) is 78.8. The average molecular weight is 1830 g/mol. The highest BCUT2D eigenvalue weighted by Crippen LogP contribution is 2.49. The van der Waals surface area contributed by atoms with Crippen molar-refractivity contribution in [1.29, 1.82) is 0 Å². The van der Waals surface area contributed by atoms with Gasteiger partial charge in [0.1, 0.15) is 0 Å². The largest absolute Gasteiger partial charge is 0.309 e. The molecule has 0 N–H and O–H groups in total. The molecule has 0 spiro atoms. The van der Waals surface area contributed by atoms with Crippen LogP contribution in [0.25, 0.3) is 254 Å². The van der Waals surface area contributed by atoms with Gasteiger partial charge in [0.2, 0.25) is 0 Å². The lowest BCUT2D eigenvalue weighted by Gasteiger charge is -2.13. The van der Waals surface area contributed by atoms with Crippen LogP contribution >= 0.6 is 0 Å². The van der Waals surface area contributed by atoms with Crippen LogP contribution in [0, 0.1) is 0 Å². The minimum Gasteiger partial charge on any atom is -0.309 e. The van der Waals surface area contributed by atoms with Crippen molar-refractivity contribution in [3.05, 3.63) is 558 Å². The third-order valence-electron chi connectivity index (χ3n) is 29.2. The Balaban J connectivity index is 0.000000108. The van der Waals surface area contributed by atoms with Gasteiger partial charge in [0, 0.05) is 98.8 Å². The number of nitrogens with zero attached hydrogens (tertiary/aromatic N) is 6. The summed E-state index contributed by atoms with van der Waals surface area (Å²) >= 11 is 0. The summed E-state index contributed by atoms with van der Waals surface area (Å²) in [5.74, 6) is 0. The van der Waals surface area contributed by atoms with Crippen molar-refractivity contribution in [2.45, 2.75) is 0 Å². The van der Waals surface area contributed by atoms with E-state index in [1.165, 1.54) is 231 Å². The zero-order valence-corrected chi connectivity index (χ0v) is 78.8. The van der Waals surface area contributed by atoms with Gasteiger partial charge >= 0.3 is 0 Å². The molecule has 0 amide bonds. The summed E-state index contributed by atoms with van der Waals surface area (Å²) in [6, 6.07) is 202. The number of benzene rings is 23. The summed E-state index contributed by atoms with van der Waals surface area (Å²) in [6.07, 6.45) is 0. The van der Waals surface area contributed by atoms with Gasteiger partial charge in [-0.1, -0.05) is 394 Å². The van der Waals surface area contributed by atoms with Crippen LogP contribution < -0.4 is 0 Å². The molecule has 0 aliphatic heterocycles. The first-order valence-corrected chi connectivity index (χ1v) is 49.5. The summed E-state index contributed by atoms with van der Waals surface area (Å²) in [6.45, 7) is 0. The lowest BCUT2D eigenvalue weighted by molar-refractivity contribution is 1.17. The van der Waals surface area contributed by atoms with Crippen molar-refractivity contribution in [1.82, 2.24) is 27.4 Å². The number of hydrogen-bond donors (Lipinski definition) is 0. The molecule has 29 rings (SSSR count). The molecule has 0 saturated heterocycles. The molecular weight excluding hydrogens is 1740 g/mol. The second-order valence-electron chi connectivity index (χ2n) is 37.3. The van der Waals surface area contributed by atoms with Crippen LogP contribution in [0.15, 0.2) is 558 Å². The lowest BCUT2D eigenvalue weighted by Crippen LogP contribution is -1.95. The van der Waals surface area contributed by atoms with Gasteiger partial charge in [0.05, 0.1) is 66.2 Å². The van der Waals surface area contributed by atoms with Gasteiger partial charge in [-0.05, 0) is 253 Å². The van der Waals surface area contributed by atoms with Gasteiger partial charge in [-0.25, -0.2) is 0 Å². The summed E-state index contributed by atoms with van der Waals surface area (Å²) in [5, 5.41) is 15.3. The van der Waals surface area contributed by atoms with E-state index >= 15 is 0 Å². The van der Waals surface area contributed by atoms with Gasteiger partial charge < -0.3 is 27.4 Å². The third-order valence-corrected chi connectivity index (χ3v) is 29.2. The molecule has 674 valence electrons. The van der Waals surface area contributed by atoms with Gasteiger partial charge in [-0.2, -0.15) is 0 Å². The zero-order chi connectivity index (χ0) is 95.1. The fourth-order valence-electron chi connectivity index (χ4n) is 22.6. The molecule has 0 radical (unpaired) electrons. The van der Waals surface area contributed by atoms with Crippen molar-refractivity contribution in [2.75, 3.05) is 0 Å². The Labute approximate surface area is 833 Å². The minimum absolute atomic E-state index is 1.15. The van der Waals surface area contributed by atoms with Crippen LogP contribution in [0.1, 0.15) is 0 Å². The topological polar surface area (TPSA) is 29.6 Å². The van der Waals surface area contributed by atoms with Crippen LogP contribution in [-0.2, 0) is 0 Å². The summed E-state index contributed by atoms with van der Waals surface area (Å²) < 4.78 is 14.5. The quantitative estimate of drug-likeness (QED) is 0.104. The molecule has 6 heterocycles. The van der Waals surface area contributed by atoms with E-state index in [4.69, 9.17) is 0 Å². The summed E-state index contributed by atoms with van der Waals surface area (Å²) in [5.41, 5.74) is 41.0. The molecule has 0 saturated carbocycles. The molecule has 0 unspecified atom stereocenters. The maximum absolute atomic E-state index is 2.44. The molecule has 0 bridgehead atoms. The van der Waals surface area contributed by atoms with Crippen molar-refractivity contribution >= 4 is 131 Å². The van der Waals surface area contributed by atoms with Crippen molar-refractivity contribution in [3.8, 4) is 123 Å². The summed E-state index contributed by atoms with van der Waals surface area (Å²) in [4.78, 5) is 0. The molecule has 6 nitrogen and oxygen atoms in total. The second-order valence-corrected chi connectivity index (χ2v) is 37.3. The first-order chi connectivity index (χ1) is 71.5. The van der Waals surface area contributed by atoms with E-state index in [0.717, 1.165) is 22.7 Å². The molecule has 0 fully saturated rings. The Morgan fingerprint density at radius 2 is 0.236 bits per heavy atom. The Morgan fingerprint density at radius 3 is 0.472 bits per heavy atom. The molecule has 29 aromatic rings. The van der Waals surface area contributed by atoms with Crippen LogP contribution in [0.3, 0.4) is 0 Å². The van der Waals surface area contributed by atoms with Crippen LogP contribution in [-0.4, -0.2) is 27.4 Å². The molecule has 0 aliphatic rings. The maximum Gasteiger partial charge on any atom is 0.0548 e. The normalized spacial score (nSPS) is 11.6. The van der Waals surface area contributed by atoms with Crippen LogP contribution in [0.2, 0.25) is 0 Å². The van der Waals surface area contributed by atoms with Gasteiger partial charge in [-0.3, -0.25) is 0 Å². The number of para-hydroxylation sites is 8. The lowest BCUT2D eigenvalue weighted by atomic mass is 9.93. The maximum atomic E-state index is 2.44. The Kier molecular flexibility index (Phi) is 20.9. The van der Waals surface area contributed by atoms with E-state index in [1.54, 1.807) is 0 Å². The predicted octanol–water partition coefficient (Wildman–Crippen LogP) is 37.0. The molecule has 23 aromatic carbocycles. The van der Waals surface area contributed by atoms with Crippen molar-refractivity contribution < 1.29 is 0 Å². The number of hydrogen-bond acceptors (Lipinski definition) is 0. The monoisotopic (exact) mass is 1830 g/mol. The van der Waals surface area contributed by atoms with Gasteiger partial charge in [0.15, 0.2) is 0 Å². The second kappa shape index (κ2) is 35.7. The Bertz CT molecular complexity index is 9850. The highest BCUT2D eigenvalue weighted by atomic mass is 15.0. The van der Waals surface area contributed by atoms with Crippen molar-refractivity contribution in [2.24, 2.45) is 0 Å². The minimum atomic E-state index is 1.15. The number of fused-ring (bicyclic) bond motifs is 21. The van der Waals surface area contributed by atoms with E-state index in [1.807, 2.05) is 0 Å².